The van der Waals surface area contributed by atoms with Gasteiger partial charge in [0.05, 0.1) is 27.7 Å². The first kappa shape index (κ1) is 93.4. The van der Waals surface area contributed by atoms with Gasteiger partial charge in [0.15, 0.2) is 6.10 Å². The van der Waals surface area contributed by atoms with Crippen LogP contribution < -0.4 is 4.89 Å². The van der Waals surface area contributed by atoms with Crippen LogP contribution in [0.1, 0.15) is 322 Å². The first-order valence-corrected chi connectivity index (χ1v) is 41.3. The highest BCUT2D eigenvalue weighted by Gasteiger charge is 2.22. The highest BCUT2D eigenvalue weighted by molar-refractivity contribution is 7.45. The third-order valence-corrected chi connectivity index (χ3v) is 17.7. The molecule has 2 atom stereocenters. The number of rotatable bonds is 72. The van der Waals surface area contributed by atoms with E-state index in [9.17, 15) is 19.0 Å². The van der Waals surface area contributed by atoms with E-state index in [1.54, 1.807) is 0 Å². The van der Waals surface area contributed by atoms with Crippen molar-refractivity contribution < 1.29 is 42.1 Å². The van der Waals surface area contributed by atoms with Crippen LogP contribution in [-0.4, -0.2) is 70.0 Å². The quantitative estimate of drug-likeness (QED) is 0.0195. The van der Waals surface area contributed by atoms with Crippen LogP contribution in [0.3, 0.4) is 0 Å². The number of allylic oxidation sites excluding steroid dienone is 28. The molecule has 0 aliphatic heterocycles. The molecular formula is C88H148NO8P. The average molecular weight is 1380 g/mol. The third kappa shape index (κ3) is 80.3. The summed E-state index contributed by atoms with van der Waals surface area (Å²) in [4.78, 5) is 38.2. The normalized spacial score (nSPS) is 14.0. The lowest BCUT2D eigenvalue weighted by atomic mass is 10.0. The Balaban J connectivity index is 4.02. The number of hydrogen-bond acceptors (Lipinski definition) is 8. The van der Waals surface area contributed by atoms with Crippen molar-refractivity contribution in [2.75, 3.05) is 47.5 Å². The molecule has 558 valence electrons. The minimum Gasteiger partial charge on any atom is -0.756 e. The molecule has 0 radical (unpaired) electrons. The molecule has 98 heavy (non-hydrogen) atoms. The number of hydrogen-bond donors (Lipinski definition) is 0. The zero-order valence-corrected chi connectivity index (χ0v) is 64.6. The monoisotopic (exact) mass is 1380 g/mol. The van der Waals surface area contributed by atoms with Gasteiger partial charge in [-0.1, -0.05) is 351 Å². The van der Waals surface area contributed by atoms with Gasteiger partial charge in [-0.05, 0) is 128 Å². The van der Waals surface area contributed by atoms with Crippen LogP contribution in [0.25, 0.3) is 0 Å². The molecule has 0 heterocycles. The van der Waals surface area contributed by atoms with E-state index in [-0.39, 0.29) is 32.0 Å². The predicted octanol–water partition coefficient (Wildman–Crippen LogP) is 26.2. The van der Waals surface area contributed by atoms with Crippen molar-refractivity contribution in [3.63, 3.8) is 0 Å². The number of likely N-dealkylation sites (N-methyl/N-ethyl adjacent to an activating group) is 1. The van der Waals surface area contributed by atoms with Gasteiger partial charge in [0.25, 0.3) is 7.82 Å². The summed E-state index contributed by atoms with van der Waals surface area (Å²) in [5.74, 6) is -0.838. The number of nitrogens with zero attached hydrogens (tertiary/aromatic N) is 1. The molecule has 0 aromatic rings. The van der Waals surface area contributed by atoms with Gasteiger partial charge in [0.1, 0.15) is 19.8 Å². The molecular weight excluding hydrogens is 1230 g/mol. The highest BCUT2D eigenvalue weighted by Crippen LogP contribution is 2.38. The summed E-state index contributed by atoms with van der Waals surface area (Å²) in [5, 5.41) is 0. The Morgan fingerprint density at radius 1 is 0.316 bits per heavy atom. The molecule has 2 unspecified atom stereocenters. The van der Waals surface area contributed by atoms with Crippen LogP contribution in [0.2, 0.25) is 0 Å². The summed E-state index contributed by atoms with van der Waals surface area (Å²) in [6, 6.07) is 0. The molecule has 0 saturated heterocycles. The van der Waals surface area contributed by atoms with Crippen LogP contribution in [-0.2, 0) is 32.7 Å². The zero-order chi connectivity index (χ0) is 71.1. The van der Waals surface area contributed by atoms with Gasteiger partial charge in [0, 0.05) is 12.8 Å². The summed E-state index contributed by atoms with van der Waals surface area (Å²) < 4.78 is 34.4. The summed E-state index contributed by atoms with van der Waals surface area (Å²) in [5.41, 5.74) is 0. The van der Waals surface area contributed by atoms with E-state index < -0.39 is 26.5 Å². The Labute approximate surface area is 604 Å². The number of phosphoric acid groups is 1. The second-order valence-corrected chi connectivity index (χ2v) is 28.7. The summed E-state index contributed by atoms with van der Waals surface area (Å²) in [6.07, 6.45) is 116. The minimum absolute atomic E-state index is 0.0381. The number of phosphoric ester groups is 1. The second kappa shape index (κ2) is 76.5. The molecule has 0 amide bonds. The lowest BCUT2D eigenvalue weighted by Gasteiger charge is -2.28. The minimum atomic E-state index is -4.66. The molecule has 0 aliphatic rings. The number of ether oxygens (including phenoxy) is 2. The number of carbonyl (C=O) groups is 2. The highest BCUT2D eigenvalue weighted by atomic mass is 31.2. The molecule has 9 nitrogen and oxygen atoms in total. The van der Waals surface area contributed by atoms with E-state index in [1.807, 2.05) is 21.1 Å². The Hall–Kier alpha value is -4.63. The van der Waals surface area contributed by atoms with E-state index in [0.29, 0.717) is 17.4 Å². The fraction of sp³-hybridized carbons (Fsp3) is 0.659. The number of unbranched alkanes of at least 4 members (excludes halogenated alkanes) is 30. The van der Waals surface area contributed by atoms with Crippen molar-refractivity contribution in [1.29, 1.82) is 0 Å². The lowest BCUT2D eigenvalue weighted by Crippen LogP contribution is -2.37. The van der Waals surface area contributed by atoms with Crippen LogP contribution in [0, 0.1) is 0 Å². The van der Waals surface area contributed by atoms with Gasteiger partial charge >= 0.3 is 11.9 Å². The fourth-order valence-electron chi connectivity index (χ4n) is 10.7. The molecule has 0 aliphatic carbocycles. The maximum Gasteiger partial charge on any atom is 0.306 e. The molecule has 10 heteroatoms. The molecule has 0 spiro atoms. The number of carbonyl (C=O) groups excluding carboxylic acids is 2. The fourth-order valence-corrected chi connectivity index (χ4v) is 11.5. The van der Waals surface area contributed by atoms with E-state index in [2.05, 4.69) is 184 Å². The number of quaternary nitrogens is 1. The first-order valence-electron chi connectivity index (χ1n) is 39.8. The van der Waals surface area contributed by atoms with E-state index >= 15 is 0 Å². The van der Waals surface area contributed by atoms with Gasteiger partial charge in [0.2, 0.25) is 0 Å². The van der Waals surface area contributed by atoms with Crippen molar-refractivity contribution in [2.45, 2.75) is 328 Å². The zero-order valence-electron chi connectivity index (χ0n) is 63.7. The summed E-state index contributed by atoms with van der Waals surface area (Å²) in [7, 11) is 1.15. The van der Waals surface area contributed by atoms with Gasteiger partial charge in [-0.2, -0.15) is 0 Å². The topological polar surface area (TPSA) is 111 Å². The molecule has 0 fully saturated rings. The Morgan fingerprint density at radius 2 is 0.551 bits per heavy atom. The third-order valence-electron chi connectivity index (χ3n) is 16.7. The van der Waals surface area contributed by atoms with Crippen molar-refractivity contribution in [3.05, 3.63) is 170 Å². The Bertz CT molecular complexity index is 2270. The second-order valence-electron chi connectivity index (χ2n) is 27.3. The smallest absolute Gasteiger partial charge is 0.306 e. The van der Waals surface area contributed by atoms with E-state index in [4.69, 9.17) is 18.5 Å². The maximum absolute atomic E-state index is 12.9. The summed E-state index contributed by atoms with van der Waals surface area (Å²) in [6.45, 7) is 4.02. The van der Waals surface area contributed by atoms with Crippen molar-refractivity contribution >= 4 is 19.8 Å². The predicted molar refractivity (Wildman–Crippen MR) is 424 cm³/mol. The molecule has 0 N–H and O–H groups in total. The van der Waals surface area contributed by atoms with E-state index in [1.165, 1.54) is 154 Å². The molecule has 0 saturated carbocycles. The van der Waals surface area contributed by atoms with Crippen molar-refractivity contribution in [2.24, 2.45) is 0 Å². The van der Waals surface area contributed by atoms with Crippen LogP contribution >= 0.6 is 7.82 Å². The SMILES string of the molecule is CC/C=C\C/C=C\C/C=C\C/C=C\C/C=C\C/C=C\C/C=C\C/C=C\C/C=C\CCCCCCCCCCCC(=O)OC(COC(=O)CCCCCCCCCCCCCCCCCCCCCCC/C=C\C/C=C\C/C=C\C/C=C\C/C=C\CC)COP(=O)([O-])OCC[N+](C)(C)C. The molecule has 0 bridgehead atoms. The van der Waals surface area contributed by atoms with Gasteiger partial charge in [-0.15, -0.1) is 0 Å². The van der Waals surface area contributed by atoms with Gasteiger partial charge < -0.3 is 27.9 Å². The van der Waals surface area contributed by atoms with Crippen LogP contribution in [0.5, 0.6) is 0 Å². The van der Waals surface area contributed by atoms with Crippen molar-refractivity contribution in [3.8, 4) is 0 Å². The van der Waals surface area contributed by atoms with E-state index in [0.717, 1.165) is 135 Å². The van der Waals surface area contributed by atoms with Crippen LogP contribution in [0.15, 0.2) is 170 Å². The molecule has 0 aromatic heterocycles. The average Bonchev–Trinajstić information content (AvgIpc) is 1.08. The standard InChI is InChI=1S/C88H148NO8P/c1-6-8-10-12-14-16-18-20-22-24-26-28-30-32-34-36-38-40-42-44-46-48-50-52-54-56-58-60-62-64-66-68-70-72-74-76-78-80-87(90)94-84-86(85-96-98(92,93)95-83-82-89(3,4)5)97-88(91)81-79-77-75-73-71-69-67-65-63-61-59-57-55-53-51-49-47-45-43-41-39-37-35-33-31-29-27-25-23-21-19-17-15-13-11-9-7-2/h8-11,14-17,20-23,26-29,32-35,39,41,45,47,51,53,57,59,86H,6-7,12-13,18-19,24-25,30-31,36-38,40,42-44,46,48-50,52,54-56,58,60-85H2,1-5H3/b10-8-,11-9-,16-14-,17-15-,22-20-,23-21-,28-26-,29-27-,34-32-,35-33-,41-39-,47-45-,53-51-,59-57-. The van der Waals surface area contributed by atoms with Gasteiger partial charge in [-0.25, -0.2) is 0 Å². The number of esters is 2. The largest absolute Gasteiger partial charge is 0.756 e. The summed E-state index contributed by atoms with van der Waals surface area (Å²) >= 11 is 0. The van der Waals surface area contributed by atoms with Gasteiger partial charge in [-0.3, -0.25) is 14.2 Å². The molecule has 0 rings (SSSR count). The lowest BCUT2D eigenvalue weighted by molar-refractivity contribution is -0.870. The maximum atomic E-state index is 12.9. The Morgan fingerprint density at radius 3 is 0.816 bits per heavy atom. The van der Waals surface area contributed by atoms with Crippen LogP contribution in [0.4, 0.5) is 0 Å². The first-order chi connectivity index (χ1) is 48.0. The Kier molecular flexibility index (Phi) is 72.9. The van der Waals surface area contributed by atoms with Crippen molar-refractivity contribution in [1.82, 2.24) is 0 Å². The molecule has 0 aromatic carbocycles.